The van der Waals surface area contributed by atoms with Gasteiger partial charge in [-0.3, -0.25) is 9.59 Å². The molecular formula is C26H25NO5. The van der Waals surface area contributed by atoms with Crippen molar-refractivity contribution >= 4 is 23.5 Å². The van der Waals surface area contributed by atoms with Crippen molar-refractivity contribution in [3.63, 3.8) is 0 Å². The number of para-hydroxylation sites is 1. The number of ketones is 1. The monoisotopic (exact) mass is 431 g/mol. The zero-order valence-electron chi connectivity index (χ0n) is 18.0. The fraction of sp³-hybridized carbons (Fsp3) is 0.154. The lowest BCUT2D eigenvalue weighted by Crippen LogP contribution is -2.20. The van der Waals surface area contributed by atoms with Crippen LogP contribution in [0.1, 0.15) is 28.4 Å². The molecule has 0 bridgehead atoms. The Bertz CT molecular complexity index is 1120. The summed E-state index contributed by atoms with van der Waals surface area (Å²) >= 11 is 0. The Morgan fingerprint density at radius 3 is 2.44 bits per heavy atom. The molecule has 0 aliphatic carbocycles. The molecule has 0 heterocycles. The van der Waals surface area contributed by atoms with Gasteiger partial charge in [0.2, 0.25) is 0 Å². The molecule has 0 radical (unpaired) electrons. The summed E-state index contributed by atoms with van der Waals surface area (Å²) in [4.78, 5) is 24.6. The molecule has 32 heavy (non-hydrogen) atoms. The number of phenols is 1. The molecule has 0 aliphatic heterocycles. The average molecular weight is 431 g/mol. The molecule has 0 saturated carbocycles. The highest BCUT2D eigenvalue weighted by molar-refractivity contribution is 6.06. The quantitative estimate of drug-likeness (QED) is 0.367. The van der Waals surface area contributed by atoms with Gasteiger partial charge >= 0.3 is 0 Å². The minimum absolute atomic E-state index is 0.107. The second kappa shape index (κ2) is 10.8. The minimum Gasteiger partial charge on any atom is -0.508 e. The van der Waals surface area contributed by atoms with Crippen LogP contribution in [0.3, 0.4) is 0 Å². The molecule has 0 fully saturated rings. The van der Waals surface area contributed by atoms with Crippen molar-refractivity contribution in [2.75, 3.05) is 18.5 Å². The predicted molar refractivity (Wildman–Crippen MR) is 124 cm³/mol. The zero-order valence-corrected chi connectivity index (χ0v) is 18.0. The van der Waals surface area contributed by atoms with E-state index in [1.807, 2.05) is 38.1 Å². The maximum atomic E-state index is 12.3. The normalized spacial score (nSPS) is 10.7. The number of nitrogens with one attached hydrogen (secondary N) is 1. The molecule has 6 heteroatoms. The highest BCUT2D eigenvalue weighted by Crippen LogP contribution is 2.29. The Labute approximate surface area is 187 Å². The van der Waals surface area contributed by atoms with Crippen LogP contribution in [0, 0.1) is 6.92 Å². The number of anilines is 1. The summed E-state index contributed by atoms with van der Waals surface area (Å²) < 4.78 is 11.3. The van der Waals surface area contributed by atoms with E-state index >= 15 is 0 Å². The first-order chi connectivity index (χ1) is 15.5. The molecule has 1 amide bonds. The maximum absolute atomic E-state index is 12.3. The van der Waals surface area contributed by atoms with E-state index in [9.17, 15) is 14.7 Å². The van der Waals surface area contributed by atoms with Crippen LogP contribution in [0.25, 0.3) is 6.08 Å². The van der Waals surface area contributed by atoms with Crippen molar-refractivity contribution in [2.45, 2.75) is 13.8 Å². The lowest BCUT2D eigenvalue weighted by Gasteiger charge is -2.13. The smallest absolute Gasteiger partial charge is 0.262 e. The number of allylic oxidation sites excluding steroid dienone is 1. The van der Waals surface area contributed by atoms with Gasteiger partial charge in [-0.25, -0.2) is 0 Å². The van der Waals surface area contributed by atoms with Gasteiger partial charge in [0.05, 0.1) is 6.61 Å². The van der Waals surface area contributed by atoms with E-state index in [-0.39, 0.29) is 24.0 Å². The third kappa shape index (κ3) is 6.22. The third-order valence-electron chi connectivity index (χ3n) is 4.62. The van der Waals surface area contributed by atoms with Crippen LogP contribution in [0.4, 0.5) is 5.69 Å². The standard InChI is InChI=1S/C26H25NO5/c1-3-31-25-16-19(8-14-23(29)20-10-12-21(28)13-11-20)9-15-24(25)32-17-26(30)27-22-7-5-4-6-18(22)2/h4-16,28H,3,17H2,1-2H3,(H,27,30)/b14-8+. The van der Waals surface area contributed by atoms with E-state index < -0.39 is 0 Å². The van der Waals surface area contributed by atoms with Crippen molar-refractivity contribution in [1.82, 2.24) is 0 Å². The molecule has 0 unspecified atom stereocenters. The van der Waals surface area contributed by atoms with Crippen LogP contribution in [0.2, 0.25) is 0 Å². The first-order valence-electron chi connectivity index (χ1n) is 10.2. The van der Waals surface area contributed by atoms with Gasteiger partial charge in [0.25, 0.3) is 5.91 Å². The van der Waals surface area contributed by atoms with E-state index in [4.69, 9.17) is 9.47 Å². The summed E-state index contributed by atoms with van der Waals surface area (Å²) in [5.41, 5.74) is 2.93. The summed E-state index contributed by atoms with van der Waals surface area (Å²) in [5, 5.41) is 12.2. The van der Waals surface area contributed by atoms with Gasteiger partial charge in [-0.2, -0.15) is 0 Å². The van der Waals surface area contributed by atoms with Gasteiger partial charge in [0.1, 0.15) is 5.75 Å². The lowest BCUT2D eigenvalue weighted by atomic mass is 10.1. The van der Waals surface area contributed by atoms with Crippen LogP contribution >= 0.6 is 0 Å². The van der Waals surface area contributed by atoms with E-state index in [0.717, 1.165) is 16.8 Å². The summed E-state index contributed by atoms with van der Waals surface area (Å²) in [6.45, 7) is 4.03. The molecule has 2 N–H and O–H groups in total. The third-order valence-corrected chi connectivity index (χ3v) is 4.62. The van der Waals surface area contributed by atoms with Crippen LogP contribution in [-0.2, 0) is 4.79 Å². The Hall–Kier alpha value is -4.06. The number of hydrogen-bond acceptors (Lipinski definition) is 5. The Morgan fingerprint density at radius 2 is 1.72 bits per heavy atom. The first-order valence-corrected chi connectivity index (χ1v) is 10.2. The molecule has 3 aromatic carbocycles. The fourth-order valence-electron chi connectivity index (χ4n) is 2.95. The molecule has 3 aromatic rings. The fourth-order valence-corrected chi connectivity index (χ4v) is 2.95. The Kier molecular flexibility index (Phi) is 7.65. The van der Waals surface area contributed by atoms with Crippen molar-refractivity contribution < 1.29 is 24.2 Å². The van der Waals surface area contributed by atoms with Crippen molar-refractivity contribution in [1.29, 1.82) is 0 Å². The number of carbonyl (C=O) groups is 2. The van der Waals surface area contributed by atoms with Crippen LogP contribution < -0.4 is 14.8 Å². The van der Waals surface area contributed by atoms with Gasteiger partial charge < -0.3 is 19.9 Å². The van der Waals surface area contributed by atoms with E-state index in [1.165, 1.54) is 18.2 Å². The molecule has 6 nitrogen and oxygen atoms in total. The van der Waals surface area contributed by atoms with Crippen molar-refractivity contribution in [3.8, 4) is 17.2 Å². The summed E-state index contributed by atoms with van der Waals surface area (Å²) in [6.07, 6.45) is 3.12. The Balaban J connectivity index is 1.66. The van der Waals surface area contributed by atoms with Crippen molar-refractivity contribution in [2.24, 2.45) is 0 Å². The molecule has 0 atom stereocenters. The molecule has 0 aromatic heterocycles. The van der Waals surface area contributed by atoms with E-state index in [2.05, 4.69) is 5.32 Å². The summed E-state index contributed by atoms with van der Waals surface area (Å²) in [5.74, 6) is 0.570. The number of rotatable bonds is 9. The van der Waals surface area contributed by atoms with Gasteiger partial charge in [-0.1, -0.05) is 30.3 Å². The number of aryl methyl sites for hydroxylation is 1. The zero-order chi connectivity index (χ0) is 22.9. The highest BCUT2D eigenvalue weighted by atomic mass is 16.5. The van der Waals surface area contributed by atoms with Crippen LogP contribution in [0.15, 0.2) is 72.8 Å². The number of benzene rings is 3. The van der Waals surface area contributed by atoms with Crippen molar-refractivity contribution in [3.05, 3.63) is 89.5 Å². The topological polar surface area (TPSA) is 84.9 Å². The largest absolute Gasteiger partial charge is 0.508 e. The highest BCUT2D eigenvalue weighted by Gasteiger charge is 2.10. The summed E-state index contributed by atoms with van der Waals surface area (Å²) in [6, 6.07) is 18.8. The SMILES string of the molecule is CCOc1cc(/C=C/C(=O)c2ccc(O)cc2)ccc1OCC(=O)Nc1ccccc1C. The average Bonchev–Trinajstić information content (AvgIpc) is 2.79. The molecule has 0 saturated heterocycles. The van der Waals surface area contributed by atoms with Gasteiger partial charge in [0.15, 0.2) is 23.9 Å². The number of phenolic OH excluding ortho intramolecular Hbond substituents is 1. The lowest BCUT2D eigenvalue weighted by molar-refractivity contribution is -0.118. The molecule has 0 aliphatic rings. The summed E-state index contributed by atoms with van der Waals surface area (Å²) in [7, 11) is 0. The minimum atomic E-state index is -0.273. The Morgan fingerprint density at radius 1 is 0.969 bits per heavy atom. The van der Waals surface area contributed by atoms with Gasteiger partial charge in [0, 0.05) is 11.3 Å². The van der Waals surface area contributed by atoms with Crippen LogP contribution in [0.5, 0.6) is 17.2 Å². The molecular weight excluding hydrogens is 406 g/mol. The number of ether oxygens (including phenoxy) is 2. The first kappa shape index (κ1) is 22.6. The van der Waals surface area contributed by atoms with E-state index in [1.54, 1.807) is 36.4 Å². The van der Waals surface area contributed by atoms with Crippen LogP contribution in [-0.4, -0.2) is 30.0 Å². The van der Waals surface area contributed by atoms with Gasteiger partial charge in [-0.05, 0) is 73.5 Å². The number of aromatic hydroxyl groups is 1. The number of hydrogen-bond donors (Lipinski definition) is 2. The van der Waals surface area contributed by atoms with E-state index in [0.29, 0.717) is 23.7 Å². The number of carbonyl (C=O) groups excluding carboxylic acids is 2. The maximum Gasteiger partial charge on any atom is 0.262 e. The number of amides is 1. The predicted octanol–water partition coefficient (Wildman–Crippen LogP) is 5.01. The molecule has 3 rings (SSSR count). The second-order valence-electron chi connectivity index (χ2n) is 7.04. The van der Waals surface area contributed by atoms with Gasteiger partial charge in [-0.15, -0.1) is 0 Å². The second-order valence-corrected chi connectivity index (χ2v) is 7.04. The molecule has 0 spiro atoms. The molecule has 164 valence electrons.